The Hall–Kier alpha value is -0.561. The molecule has 0 spiro atoms. The molecule has 0 aliphatic carbocycles. The van der Waals surface area contributed by atoms with Gasteiger partial charge >= 0.3 is 152 Å². The molecule has 2 saturated heterocycles. The fourth-order valence-electron chi connectivity index (χ4n) is 3.55. The summed E-state index contributed by atoms with van der Waals surface area (Å²) >= 11 is 1.10. The third-order valence-electron chi connectivity index (χ3n) is 4.71. The van der Waals surface area contributed by atoms with Crippen molar-refractivity contribution in [1.29, 1.82) is 0 Å². The molecule has 120 valence electrons. The first-order chi connectivity index (χ1) is 11.4. The van der Waals surface area contributed by atoms with Crippen LogP contribution in [0.15, 0.2) is 60.7 Å². The summed E-state index contributed by atoms with van der Waals surface area (Å²) in [6.07, 6.45) is 6.33. The molecule has 0 aromatic heterocycles. The maximum atomic E-state index is 6.52. The van der Waals surface area contributed by atoms with Gasteiger partial charge < -0.3 is 0 Å². The zero-order valence-electron chi connectivity index (χ0n) is 13.1. The molecule has 2 heterocycles. The second-order valence-electron chi connectivity index (χ2n) is 6.31. The Balaban J connectivity index is 1.44. The molecule has 4 rings (SSSR count). The second kappa shape index (κ2) is 7.55. The number of fused-ring (bicyclic) bond motifs is 2. The van der Waals surface area contributed by atoms with Gasteiger partial charge in [-0.1, -0.05) is 0 Å². The van der Waals surface area contributed by atoms with Crippen LogP contribution in [0, 0.1) is 0 Å². The van der Waals surface area contributed by atoms with Crippen molar-refractivity contribution in [1.82, 2.24) is 0 Å². The topological polar surface area (TPSA) is 9.23 Å². The predicted molar refractivity (Wildman–Crippen MR) is 98.3 cm³/mol. The molecule has 2 unspecified atom stereocenters. The Kier molecular flexibility index (Phi) is 5.23. The van der Waals surface area contributed by atoms with Gasteiger partial charge in [-0.25, -0.2) is 0 Å². The van der Waals surface area contributed by atoms with E-state index in [1.165, 1.54) is 34.6 Å². The van der Waals surface area contributed by atoms with Crippen molar-refractivity contribution in [3.05, 3.63) is 60.7 Å². The number of benzene rings is 2. The van der Waals surface area contributed by atoms with Crippen LogP contribution in [0.5, 0.6) is 0 Å². The summed E-state index contributed by atoms with van der Waals surface area (Å²) in [6.45, 7) is 0. The van der Waals surface area contributed by atoms with E-state index in [4.69, 9.17) is 4.74 Å². The zero-order valence-corrected chi connectivity index (χ0v) is 16.6. The van der Waals surface area contributed by atoms with Crippen LogP contribution in [0.2, 0.25) is 9.63 Å². The van der Waals surface area contributed by atoms with Gasteiger partial charge in [0.25, 0.3) is 0 Å². The summed E-state index contributed by atoms with van der Waals surface area (Å²) in [6, 6.07) is 22.1. The molecule has 0 saturated carbocycles. The second-order valence-corrected chi connectivity index (χ2v) is 11.8. The SMILES string of the molecule is c1ccc([Se]C2CCC([Se]c3ccccc3)[C@H]3CC[C@@H]2O3)cc1. The van der Waals surface area contributed by atoms with E-state index in [0.29, 0.717) is 42.1 Å². The molecule has 0 radical (unpaired) electrons. The van der Waals surface area contributed by atoms with E-state index in [9.17, 15) is 0 Å². The molecule has 2 aliphatic rings. The molecule has 2 aromatic carbocycles. The van der Waals surface area contributed by atoms with E-state index in [1.54, 1.807) is 0 Å². The Morgan fingerprint density at radius 1 is 0.609 bits per heavy atom. The average Bonchev–Trinajstić information content (AvgIpc) is 3.02. The van der Waals surface area contributed by atoms with Crippen molar-refractivity contribution in [3.63, 3.8) is 0 Å². The first kappa shape index (κ1) is 15.9. The van der Waals surface area contributed by atoms with Crippen molar-refractivity contribution in [2.24, 2.45) is 0 Å². The summed E-state index contributed by atoms with van der Waals surface area (Å²) in [7, 11) is 0. The van der Waals surface area contributed by atoms with E-state index in [-0.39, 0.29) is 0 Å². The van der Waals surface area contributed by atoms with Gasteiger partial charge in [-0.3, -0.25) is 0 Å². The van der Waals surface area contributed by atoms with Crippen LogP contribution in [0.3, 0.4) is 0 Å². The fraction of sp³-hybridized carbons (Fsp3) is 0.400. The van der Waals surface area contributed by atoms with Crippen LogP contribution < -0.4 is 8.92 Å². The van der Waals surface area contributed by atoms with E-state index in [2.05, 4.69) is 60.7 Å². The molecule has 0 N–H and O–H groups in total. The molecule has 2 bridgehead atoms. The fourth-order valence-corrected chi connectivity index (χ4v) is 8.88. The van der Waals surface area contributed by atoms with Crippen molar-refractivity contribution in [3.8, 4) is 0 Å². The summed E-state index contributed by atoms with van der Waals surface area (Å²) in [5, 5.41) is 0. The normalized spacial score (nSPS) is 30.1. The van der Waals surface area contributed by atoms with Gasteiger partial charge in [-0.05, 0) is 0 Å². The van der Waals surface area contributed by atoms with Crippen molar-refractivity contribution >= 4 is 38.8 Å². The molecule has 2 aromatic rings. The average molecular weight is 436 g/mol. The number of ether oxygens (including phenoxy) is 1. The van der Waals surface area contributed by atoms with Gasteiger partial charge in [0, 0.05) is 0 Å². The minimum atomic E-state index is 0.525. The van der Waals surface area contributed by atoms with Crippen LogP contribution in [-0.4, -0.2) is 42.1 Å². The molecule has 23 heavy (non-hydrogen) atoms. The summed E-state index contributed by atoms with van der Waals surface area (Å²) in [5.74, 6) is 0. The van der Waals surface area contributed by atoms with E-state index < -0.39 is 0 Å². The van der Waals surface area contributed by atoms with Crippen molar-refractivity contribution < 1.29 is 4.74 Å². The first-order valence-corrected chi connectivity index (χ1v) is 12.2. The van der Waals surface area contributed by atoms with Crippen LogP contribution >= 0.6 is 0 Å². The van der Waals surface area contributed by atoms with Gasteiger partial charge in [0.2, 0.25) is 0 Å². The number of hydrogen-bond acceptors (Lipinski definition) is 1. The monoisotopic (exact) mass is 438 g/mol. The standard InChI is InChI=1S/C20H22OSe2/c1-3-7-15(8-4-1)22-19-13-14-20(18-12-11-17(19)21-18)23-16-9-5-2-6-10-16/h1-10,17-20H,11-14H2/t17-,18+,19?,20?. The third kappa shape index (κ3) is 3.92. The van der Waals surface area contributed by atoms with Crippen LogP contribution in [-0.2, 0) is 4.74 Å². The molecule has 1 nitrogen and oxygen atoms in total. The molecule has 0 amide bonds. The molecule has 4 atom stereocenters. The Morgan fingerprint density at radius 3 is 1.48 bits per heavy atom. The van der Waals surface area contributed by atoms with Gasteiger partial charge in [0.05, 0.1) is 0 Å². The Labute approximate surface area is 151 Å². The van der Waals surface area contributed by atoms with E-state index >= 15 is 0 Å². The predicted octanol–water partition coefficient (Wildman–Crippen LogP) is 2.96. The molecule has 3 heteroatoms. The van der Waals surface area contributed by atoms with Gasteiger partial charge in [0.15, 0.2) is 0 Å². The van der Waals surface area contributed by atoms with Crippen LogP contribution in [0.25, 0.3) is 0 Å². The number of rotatable bonds is 4. The van der Waals surface area contributed by atoms with Gasteiger partial charge in [-0.2, -0.15) is 0 Å². The van der Waals surface area contributed by atoms with E-state index in [0.717, 1.165) is 9.63 Å². The Morgan fingerprint density at radius 2 is 1.04 bits per heavy atom. The van der Waals surface area contributed by atoms with Crippen molar-refractivity contribution in [2.75, 3.05) is 0 Å². The Bertz CT molecular complexity index is 561. The molecular weight excluding hydrogens is 414 g/mol. The summed E-state index contributed by atoms with van der Waals surface area (Å²) in [4.78, 5) is 1.54. The first-order valence-electron chi connectivity index (χ1n) is 8.47. The quantitative estimate of drug-likeness (QED) is 0.670. The zero-order chi connectivity index (χ0) is 15.5. The van der Waals surface area contributed by atoms with Gasteiger partial charge in [0.1, 0.15) is 0 Å². The minimum absolute atomic E-state index is 0.525. The molecular formula is C20H22OSe2. The van der Waals surface area contributed by atoms with Crippen molar-refractivity contribution in [2.45, 2.75) is 47.5 Å². The van der Waals surface area contributed by atoms with Crippen LogP contribution in [0.4, 0.5) is 0 Å². The summed E-state index contributed by atoms with van der Waals surface area (Å²) < 4.78 is 9.59. The third-order valence-corrected chi connectivity index (χ3v) is 10.5. The van der Waals surface area contributed by atoms with Crippen LogP contribution in [0.1, 0.15) is 25.7 Å². The van der Waals surface area contributed by atoms with E-state index in [1.807, 2.05) is 0 Å². The molecule has 2 fully saturated rings. The number of hydrogen-bond donors (Lipinski definition) is 0. The maximum absolute atomic E-state index is 6.52. The van der Waals surface area contributed by atoms with Gasteiger partial charge in [-0.15, -0.1) is 0 Å². The summed E-state index contributed by atoms with van der Waals surface area (Å²) in [5.41, 5.74) is 0. The molecule has 2 aliphatic heterocycles.